The van der Waals surface area contributed by atoms with E-state index in [1.807, 2.05) is 0 Å². The number of ether oxygens (including phenoxy) is 1. The molecule has 0 atom stereocenters. The fraction of sp³-hybridized carbons (Fsp3) is 0.381. The average Bonchev–Trinajstić information content (AvgIpc) is 2.75. The van der Waals surface area contributed by atoms with Gasteiger partial charge in [-0.1, -0.05) is 6.07 Å². The van der Waals surface area contributed by atoms with E-state index < -0.39 is 39.8 Å². The van der Waals surface area contributed by atoms with Crippen LogP contribution in [0.3, 0.4) is 0 Å². The number of rotatable bonds is 7. The number of pyridine rings is 1. The standard InChI is InChI=1S/C21H23F2N3O5/c1-24-12-21(4-6-31-7-5-21)26-10-15(18(28)19(29)17(26)11-27)20(30)25-9-13-2-3-14(22)8-16(13)23/h2-3,8,10-11,24,29H,4-7,9,12H2,1H3,(H,25,30). The third-order valence-electron chi connectivity index (χ3n) is 5.47. The lowest BCUT2D eigenvalue weighted by atomic mass is 9.88. The predicted octanol–water partition coefficient (Wildman–Crippen LogP) is 1.30. The van der Waals surface area contributed by atoms with Crippen molar-refractivity contribution < 1.29 is 28.2 Å². The van der Waals surface area contributed by atoms with E-state index >= 15 is 0 Å². The van der Waals surface area contributed by atoms with E-state index in [9.17, 15) is 28.3 Å². The number of amides is 1. The molecule has 8 nitrogen and oxygen atoms in total. The maximum atomic E-state index is 13.8. The Morgan fingerprint density at radius 1 is 1.32 bits per heavy atom. The fourth-order valence-corrected chi connectivity index (χ4v) is 3.80. The molecule has 0 unspecified atom stereocenters. The Kier molecular flexibility index (Phi) is 6.81. The number of aldehydes is 1. The number of nitrogens with zero attached hydrogens (tertiary/aromatic N) is 1. The van der Waals surface area contributed by atoms with Crippen molar-refractivity contribution in [1.82, 2.24) is 15.2 Å². The quantitative estimate of drug-likeness (QED) is 0.566. The molecule has 1 fully saturated rings. The zero-order valence-electron chi connectivity index (χ0n) is 16.9. The van der Waals surface area contributed by atoms with Crippen LogP contribution in [0.2, 0.25) is 0 Å². The molecule has 0 radical (unpaired) electrons. The van der Waals surface area contributed by atoms with Gasteiger partial charge >= 0.3 is 0 Å². The molecule has 31 heavy (non-hydrogen) atoms. The average molecular weight is 435 g/mol. The van der Waals surface area contributed by atoms with Gasteiger partial charge in [-0.3, -0.25) is 14.4 Å². The first-order valence-corrected chi connectivity index (χ1v) is 9.71. The summed E-state index contributed by atoms with van der Waals surface area (Å²) in [5.41, 5.74) is -2.31. The third-order valence-corrected chi connectivity index (χ3v) is 5.47. The van der Waals surface area contributed by atoms with Crippen LogP contribution in [0.4, 0.5) is 8.78 Å². The Hall–Kier alpha value is -3.11. The minimum atomic E-state index is -1.01. The van der Waals surface area contributed by atoms with Crippen LogP contribution in [0.1, 0.15) is 39.3 Å². The number of halogens is 2. The SMILES string of the molecule is CNCC1(n2cc(C(=O)NCc3ccc(F)cc3F)c(=O)c(O)c2C=O)CCOCC1. The van der Waals surface area contributed by atoms with Gasteiger partial charge in [0.05, 0.1) is 5.54 Å². The van der Waals surface area contributed by atoms with Crippen LogP contribution in [0.15, 0.2) is 29.2 Å². The highest BCUT2D eigenvalue weighted by Gasteiger charge is 2.37. The number of carbonyl (C=O) groups is 2. The molecule has 3 rings (SSSR count). The summed E-state index contributed by atoms with van der Waals surface area (Å²) in [6, 6.07) is 2.92. The van der Waals surface area contributed by atoms with Crippen LogP contribution in [-0.2, 0) is 16.8 Å². The molecule has 0 spiro atoms. The minimum Gasteiger partial charge on any atom is -0.503 e. The van der Waals surface area contributed by atoms with Crippen molar-refractivity contribution >= 4 is 12.2 Å². The molecule has 2 aromatic rings. The van der Waals surface area contributed by atoms with Gasteiger partial charge in [0.1, 0.15) is 22.9 Å². The van der Waals surface area contributed by atoms with Crippen molar-refractivity contribution in [3.8, 4) is 5.75 Å². The van der Waals surface area contributed by atoms with E-state index in [2.05, 4.69) is 10.6 Å². The van der Waals surface area contributed by atoms with Crippen LogP contribution in [-0.4, -0.2) is 48.7 Å². The molecule has 1 aromatic heterocycles. The van der Waals surface area contributed by atoms with Gasteiger partial charge in [-0.15, -0.1) is 0 Å². The van der Waals surface area contributed by atoms with Crippen LogP contribution in [0.5, 0.6) is 5.75 Å². The minimum absolute atomic E-state index is 0.0277. The molecule has 10 heteroatoms. The summed E-state index contributed by atoms with van der Waals surface area (Å²) < 4.78 is 33.7. The second-order valence-electron chi connectivity index (χ2n) is 7.38. The summed E-state index contributed by atoms with van der Waals surface area (Å²) in [7, 11) is 1.73. The molecule has 0 bridgehead atoms. The van der Waals surface area contributed by atoms with E-state index in [4.69, 9.17) is 4.74 Å². The zero-order chi connectivity index (χ0) is 22.6. The highest BCUT2D eigenvalue weighted by atomic mass is 19.1. The first-order chi connectivity index (χ1) is 14.8. The Morgan fingerprint density at radius 3 is 2.65 bits per heavy atom. The maximum absolute atomic E-state index is 13.8. The van der Waals surface area contributed by atoms with Crippen LogP contribution in [0.25, 0.3) is 0 Å². The highest BCUT2D eigenvalue weighted by Crippen LogP contribution is 2.31. The Labute approximate surface area is 176 Å². The second kappa shape index (κ2) is 9.36. The summed E-state index contributed by atoms with van der Waals surface area (Å²) in [5.74, 6) is -3.29. The smallest absolute Gasteiger partial charge is 0.257 e. The van der Waals surface area contributed by atoms with Crippen molar-refractivity contribution in [3.05, 3.63) is 63.1 Å². The predicted molar refractivity (Wildman–Crippen MR) is 107 cm³/mol. The van der Waals surface area contributed by atoms with Gasteiger partial charge in [0.15, 0.2) is 12.0 Å². The number of benzene rings is 1. The van der Waals surface area contributed by atoms with Crippen LogP contribution in [0, 0.1) is 11.6 Å². The Balaban J connectivity index is 1.99. The number of hydrogen-bond acceptors (Lipinski definition) is 6. The topological polar surface area (TPSA) is 110 Å². The third kappa shape index (κ3) is 4.49. The molecular weight excluding hydrogens is 412 g/mol. The molecule has 2 heterocycles. The number of carbonyl (C=O) groups excluding carboxylic acids is 2. The number of nitrogens with one attached hydrogen (secondary N) is 2. The summed E-state index contributed by atoms with van der Waals surface area (Å²) in [5, 5.41) is 15.8. The summed E-state index contributed by atoms with van der Waals surface area (Å²) >= 11 is 0. The summed E-state index contributed by atoms with van der Waals surface area (Å²) in [6.45, 7) is 0.911. The van der Waals surface area contributed by atoms with E-state index in [1.54, 1.807) is 7.05 Å². The molecule has 1 aromatic carbocycles. The Morgan fingerprint density at radius 2 is 2.03 bits per heavy atom. The number of aromatic nitrogens is 1. The molecule has 166 valence electrons. The largest absolute Gasteiger partial charge is 0.503 e. The van der Waals surface area contributed by atoms with Gasteiger partial charge < -0.3 is 25.0 Å². The normalized spacial score (nSPS) is 15.5. The lowest BCUT2D eigenvalue weighted by molar-refractivity contribution is 0.0202. The molecule has 1 aliphatic rings. The molecule has 3 N–H and O–H groups in total. The summed E-state index contributed by atoms with van der Waals surface area (Å²) in [4.78, 5) is 37.0. The van der Waals surface area contributed by atoms with E-state index in [0.29, 0.717) is 45.0 Å². The van der Waals surface area contributed by atoms with E-state index in [-0.39, 0.29) is 17.8 Å². The lowest BCUT2D eigenvalue weighted by Crippen LogP contribution is -2.48. The maximum Gasteiger partial charge on any atom is 0.257 e. The van der Waals surface area contributed by atoms with Crippen molar-refractivity contribution in [2.45, 2.75) is 24.9 Å². The molecule has 1 amide bonds. The molecule has 1 saturated heterocycles. The van der Waals surface area contributed by atoms with Gasteiger partial charge in [-0.2, -0.15) is 0 Å². The van der Waals surface area contributed by atoms with Gasteiger partial charge in [-0.05, 0) is 26.0 Å². The highest BCUT2D eigenvalue weighted by molar-refractivity contribution is 5.95. The first kappa shape index (κ1) is 22.6. The van der Waals surface area contributed by atoms with Gasteiger partial charge in [-0.25, -0.2) is 8.78 Å². The molecule has 0 aliphatic carbocycles. The van der Waals surface area contributed by atoms with Crippen molar-refractivity contribution in [2.75, 3.05) is 26.8 Å². The molecule has 1 aliphatic heterocycles. The molecule has 0 saturated carbocycles. The van der Waals surface area contributed by atoms with Crippen LogP contribution < -0.4 is 16.1 Å². The monoisotopic (exact) mass is 435 g/mol. The van der Waals surface area contributed by atoms with E-state index in [0.717, 1.165) is 6.07 Å². The second-order valence-corrected chi connectivity index (χ2v) is 7.38. The number of hydrogen-bond donors (Lipinski definition) is 3. The number of likely N-dealkylation sites (N-methyl/N-ethyl adjacent to an activating group) is 1. The van der Waals surface area contributed by atoms with Gasteiger partial charge in [0, 0.05) is 44.1 Å². The molecular formula is C21H23F2N3O5. The van der Waals surface area contributed by atoms with Crippen molar-refractivity contribution in [3.63, 3.8) is 0 Å². The lowest BCUT2D eigenvalue weighted by Gasteiger charge is -2.40. The number of aromatic hydroxyl groups is 1. The first-order valence-electron chi connectivity index (χ1n) is 9.71. The zero-order valence-corrected chi connectivity index (χ0v) is 16.9. The van der Waals surface area contributed by atoms with Crippen molar-refractivity contribution in [1.29, 1.82) is 0 Å². The fourth-order valence-electron chi connectivity index (χ4n) is 3.80. The Bertz CT molecular complexity index is 1040. The van der Waals surface area contributed by atoms with Gasteiger partial charge in [0.2, 0.25) is 5.43 Å². The van der Waals surface area contributed by atoms with Crippen molar-refractivity contribution in [2.24, 2.45) is 0 Å². The van der Waals surface area contributed by atoms with Gasteiger partial charge in [0.25, 0.3) is 5.91 Å². The van der Waals surface area contributed by atoms with Crippen LogP contribution >= 0.6 is 0 Å². The van der Waals surface area contributed by atoms with E-state index in [1.165, 1.54) is 16.8 Å². The summed E-state index contributed by atoms with van der Waals surface area (Å²) in [6.07, 6.45) is 2.58.